The fraction of sp³-hybridized carbons (Fsp3) is 0.529. The van der Waals surface area contributed by atoms with Gasteiger partial charge in [-0.2, -0.15) is 0 Å². The van der Waals surface area contributed by atoms with Crippen LogP contribution in [0.1, 0.15) is 35.4 Å². The third-order valence-corrected chi connectivity index (χ3v) is 5.37. The van der Waals surface area contributed by atoms with Gasteiger partial charge in [0.25, 0.3) is 5.91 Å². The zero-order valence-electron chi connectivity index (χ0n) is 13.8. The summed E-state index contributed by atoms with van der Waals surface area (Å²) in [5.41, 5.74) is 0.814. The van der Waals surface area contributed by atoms with E-state index in [1.807, 2.05) is 11.0 Å². The van der Waals surface area contributed by atoms with Gasteiger partial charge in [-0.15, -0.1) is 0 Å². The van der Waals surface area contributed by atoms with Crippen LogP contribution in [-0.4, -0.2) is 52.1 Å². The fourth-order valence-electron chi connectivity index (χ4n) is 3.83. The van der Waals surface area contributed by atoms with Crippen molar-refractivity contribution in [1.82, 2.24) is 20.0 Å². The molecule has 7 heteroatoms. The van der Waals surface area contributed by atoms with Crippen LogP contribution in [0, 0.1) is 12.3 Å². The average Bonchev–Trinajstić information content (AvgIpc) is 3.23. The van der Waals surface area contributed by atoms with E-state index < -0.39 is 0 Å². The first kappa shape index (κ1) is 15.1. The van der Waals surface area contributed by atoms with Crippen molar-refractivity contribution >= 4 is 11.9 Å². The summed E-state index contributed by atoms with van der Waals surface area (Å²) in [5, 5.41) is 3.72. The van der Waals surface area contributed by atoms with Gasteiger partial charge in [-0.3, -0.25) is 4.79 Å². The van der Waals surface area contributed by atoms with Crippen LogP contribution in [0.15, 0.2) is 29.2 Å². The molecule has 4 rings (SSSR count). The number of piperidine rings is 1. The van der Waals surface area contributed by atoms with Gasteiger partial charge in [0.15, 0.2) is 0 Å². The lowest BCUT2D eigenvalue weighted by Crippen LogP contribution is -2.43. The predicted octanol–water partition coefficient (Wildman–Crippen LogP) is 1.91. The summed E-state index contributed by atoms with van der Waals surface area (Å²) in [6.45, 7) is 5.30. The zero-order chi connectivity index (χ0) is 16.6. The Balaban J connectivity index is 1.40. The molecule has 24 heavy (non-hydrogen) atoms. The van der Waals surface area contributed by atoms with E-state index in [-0.39, 0.29) is 11.3 Å². The summed E-state index contributed by atoms with van der Waals surface area (Å²) >= 11 is 0. The number of carbonyl (C=O) groups excluding carboxylic acids is 1. The largest absolute Gasteiger partial charge is 0.361 e. The Morgan fingerprint density at radius 3 is 2.54 bits per heavy atom. The van der Waals surface area contributed by atoms with Crippen LogP contribution in [0.25, 0.3) is 0 Å². The molecule has 0 atom stereocenters. The minimum atomic E-state index is 0.0412. The molecule has 2 aliphatic heterocycles. The van der Waals surface area contributed by atoms with Crippen LogP contribution in [0.4, 0.5) is 5.95 Å². The van der Waals surface area contributed by atoms with Crippen molar-refractivity contribution in [3.05, 3.63) is 36.0 Å². The number of aryl methyl sites for hydroxylation is 1. The summed E-state index contributed by atoms with van der Waals surface area (Å²) in [5.74, 6) is 1.44. The number of hydrogen-bond donors (Lipinski definition) is 0. The van der Waals surface area contributed by atoms with Crippen molar-refractivity contribution in [3.8, 4) is 0 Å². The van der Waals surface area contributed by atoms with Crippen LogP contribution in [0.2, 0.25) is 0 Å². The summed E-state index contributed by atoms with van der Waals surface area (Å²) in [4.78, 5) is 25.5. The second kappa shape index (κ2) is 5.89. The lowest BCUT2D eigenvalue weighted by atomic mass is 9.78. The molecule has 0 bridgehead atoms. The van der Waals surface area contributed by atoms with Crippen LogP contribution >= 0.6 is 0 Å². The SMILES string of the molecule is Cc1oncc1C(=O)N1CCC2(CCN(c3ncccn3)CC2)C1. The van der Waals surface area contributed by atoms with Gasteiger partial charge in [-0.05, 0) is 37.7 Å². The highest BCUT2D eigenvalue weighted by Gasteiger charge is 2.42. The lowest BCUT2D eigenvalue weighted by Gasteiger charge is -2.39. The molecular weight excluding hydrogens is 306 g/mol. The topological polar surface area (TPSA) is 75.4 Å². The van der Waals surface area contributed by atoms with Gasteiger partial charge < -0.3 is 14.3 Å². The highest BCUT2D eigenvalue weighted by atomic mass is 16.5. The van der Waals surface area contributed by atoms with Gasteiger partial charge in [0.2, 0.25) is 5.95 Å². The van der Waals surface area contributed by atoms with Crippen molar-refractivity contribution in [3.63, 3.8) is 0 Å². The Labute approximate surface area is 140 Å². The van der Waals surface area contributed by atoms with Gasteiger partial charge in [0.05, 0.1) is 6.20 Å². The number of anilines is 1. The second-order valence-electron chi connectivity index (χ2n) is 6.81. The Kier molecular flexibility index (Phi) is 3.70. The maximum atomic E-state index is 12.6. The van der Waals surface area contributed by atoms with Gasteiger partial charge in [-0.25, -0.2) is 9.97 Å². The average molecular weight is 327 g/mol. The quantitative estimate of drug-likeness (QED) is 0.839. The van der Waals surface area contributed by atoms with Crippen molar-refractivity contribution in [2.45, 2.75) is 26.2 Å². The number of hydrogen-bond acceptors (Lipinski definition) is 6. The Morgan fingerprint density at radius 2 is 1.88 bits per heavy atom. The highest BCUT2D eigenvalue weighted by molar-refractivity contribution is 5.95. The molecule has 2 fully saturated rings. The molecule has 1 amide bonds. The van der Waals surface area contributed by atoms with Gasteiger partial charge >= 0.3 is 0 Å². The number of aromatic nitrogens is 3. The molecule has 0 unspecified atom stereocenters. The lowest BCUT2D eigenvalue weighted by molar-refractivity contribution is 0.0762. The molecule has 2 aromatic rings. The fourth-order valence-corrected chi connectivity index (χ4v) is 3.83. The highest BCUT2D eigenvalue weighted by Crippen LogP contribution is 2.41. The smallest absolute Gasteiger partial charge is 0.259 e. The maximum absolute atomic E-state index is 12.6. The first-order valence-corrected chi connectivity index (χ1v) is 8.39. The van der Waals surface area contributed by atoms with Crippen molar-refractivity contribution in [1.29, 1.82) is 0 Å². The van der Waals surface area contributed by atoms with E-state index in [1.165, 1.54) is 6.20 Å². The van der Waals surface area contributed by atoms with E-state index in [4.69, 9.17) is 4.52 Å². The van der Waals surface area contributed by atoms with Crippen LogP contribution in [0.5, 0.6) is 0 Å². The molecule has 0 aliphatic carbocycles. The molecule has 0 aromatic carbocycles. The zero-order valence-corrected chi connectivity index (χ0v) is 13.8. The maximum Gasteiger partial charge on any atom is 0.259 e. The standard InChI is InChI=1S/C17H21N5O2/c1-13-14(11-20-24-13)15(23)22-10-5-17(12-22)3-8-21(9-4-17)16-18-6-2-7-19-16/h2,6-7,11H,3-5,8-10,12H2,1H3. The Hall–Kier alpha value is -2.44. The Bertz CT molecular complexity index is 722. The summed E-state index contributed by atoms with van der Waals surface area (Å²) < 4.78 is 5.03. The summed E-state index contributed by atoms with van der Waals surface area (Å²) in [6, 6.07) is 1.84. The predicted molar refractivity (Wildman–Crippen MR) is 87.7 cm³/mol. The molecule has 7 nitrogen and oxygen atoms in total. The van der Waals surface area contributed by atoms with Crippen LogP contribution in [0.3, 0.4) is 0 Å². The number of nitrogens with zero attached hydrogens (tertiary/aromatic N) is 5. The molecule has 0 N–H and O–H groups in total. The Morgan fingerprint density at radius 1 is 1.17 bits per heavy atom. The minimum Gasteiger partial charge on any atom is -0.361 e. The van der Waals surface area contributed by atoms with Crippen molar-refractivity contribution in [2.75, 3.05) is 31.1 Å². The molecule has 2 saturated heterocycles. The third kappa shape index (κ3) is 2.64. The van der Waals surface area contributed by atoms with Gasteiger partial charge in [0, 0.05) is 38.6 Å². The first-order chi connectivity index (χ1) is 11.7. The van der Waals surface area contributed by atoms with E-state index in [0.29, 0.717) is 11.3 Å². The molecule has 126 valence electrons. The molecule has 1 spiro atoms. The molecule has 4 heterocycles. The van der Waals surface area contributed by atoms with E-state index in [9.17, 15) is 4.79 Å². The van der Waals surface area contributed by atoms with Crippen molar-refractivity contribution < 1.29 is 9.32 Å². The number of rotatable bonds is 2. The van der Waals surface area contributed by atoms with E-state index in [2.05, 4.69) is 20.0 Å². The van der Waals surface area contributed by atoms with E-state index in [1.54, 1.807) is 19.3 Å². The summed E-state index contributed by atoms with van der Waals surface area (Å²) in [6.07, 6.45) is 8.29. The monoisotopic (exact) mass is 327 g/mol. The summed E-state index contributed by atoms with van der Waals surface area (Å²) in [7, 11) is 0. The first-order valence-electron chi connectivity index (χ1n) is 8.39. The molecule has 0 radical (unpaired) electrons. The minimum absolute atomic E-state index is 0.0412. The number of carbonyl (C=O) groups is 1. The van der Waals surface area contributed by atoms with Crippen LogP contribution < -0.4 is 4.90 Å². The van der Waals surface area contributed by atoms with Crippen LogP contribution in [-0.2, 0) is 0 Å². The number of likely N-dealkylation sites (tertiary alicyclic amines) is 1. The normalized spacial score (nSPS) is 19.9. The van der Waals surface area contributed by atoms with E-state index >= 15 is 0 Å². The number of amides is 1. The van der Waals surface area contributed by atoms with E-state index in [0.717, 1.165) is 51.4 Å². The molecular formula is C17H21N5O2. The van der Waals surface area contributed by atoms with Gasteiger partial charge in [0.1, 0.15) is 11.3 Å². The molecule has 2 aliphatic rings. The molecule has 0 saturated carbocycles. The van der Waals surface area contributed by atoms with Crippen molar-refractivity contribution in [2.24, 2.45) is 5.41 Å². The second-order valence-corrected chi connectivity index (χ2v) is 6.81. The van der Waals surface area contributed by atoms with Gasteiger partial charge in [-0.1, -0.05) is 5.16 Å². The third-order valence-electron chi connectivity index (χ3n) is 5.37. The molecule has 2 aromatic heterocycles.